The van der Waals surface area contributed by atoms with E-state index in [2.05, 4.69) is 10.6 Å². The fourth-order valence-electron chi connectivity index (χ4n) is 3.32. The molecule has 6 nitrogen and oxygen atoms in total. The van der Waals surface area contributed by atoms with E-state index in [4.69, 9.17) is 0 Å². The van der Waals surface area contributed by atoms with Crippen molar-refractivity contribution in [3.05, 3.63) is 12.2 Å². The van der Waals surface area contributed by atoms with Crippen LogP contribution in [-0.4, -0.2) is 45.8 Å². The number of carboxylic acid groups (broad SMARTS) is 1. The molecule has 0 unspecified atom stereocenters. The summed E-state index contributed by atoms with van der Waals surface area (Å²) in [5.74, 6) is -1.19. The van der Waals surface area contributed by atoms with E-state index in [1.54, 1.807) is 6.92 Å². The van der Waals surface area contributed by atoms with Crippen molar-refractivity contribution in [1.82, 2.24) is 10.6 Å². The predicted molar refractivity (Wildman–Crippen MR) is 84.4 cm³/mol. The Labute approximate surface area is 132 Å². The van der Waals surface area contributed by atoms with Gasteiger partial charge in [0.1, 0.15) is 6.04 Å². The first kappa shape index (κ1) is 18.6. The number of aliphatic hydroxyl groups is 1. The van der Waals surface area contributed by atoms with Crippen LogP contribution in [0.25, 0.3) is 0 Å². The molecule has 0 bridgehead atoms. The van der Waals surface area contributed by atoms with E-state index < -0.39 is 23.7 Å². The molecular formula is C16H28N2O4. The lowest BCUT2D eigenvalue weighted by atomic mass is 9.81. The van der Waals surface area contributed by atoms with Gasteiger partial charge in [0.2, 0.25) is 5.91 Å². The van der Waals surface area contributed by atoms with Gasteiger partial charge in [-0.3, -0.25) is 14.9 Å². The number of hydrogen-bond acceptors (Lipinski definition) is 4. The van der Waals surface area contributed by atoms with Crippen molar-refractivity contribution in [1.29, 1.82) is 0 Å². The molecule has 0 aromatic heterocycles. The number of carboxylic acids is 1. The van der Waals surface area contributed by atoms with Gasteiger partial charge in [0.25, 0.3) is 0 Å². The third kappa shape index (κ3) is 4.55. The molecule has 1 amide bonds. The highest BCUT2D eigenvalue weighted by molar-refractivity contribution is 5.75. The topological polar surface area (TPSA) is 98.7 Å². The van der Waals surface area contributed by atoms with Gasteiger partial charge in [-0.2, -0.15) is 0 Å². The molecular weight excluding hydrogens is 284 g/mol. The second-order valence-corrected chi connectivity index (χ2v) is 6.29. The maximum atomic E-state index is 11.6. The minimum absolute atomic E-state index is 0.0497. The molecule has 0 saturated carbocycles. The van der Waals surface area contributed by atoms with Gasteiger partial charge in [-0.15, -0.1) is 0 Å². The van der Waals surface area contributed by atoms with Crippen molar-refractivity contribution in [3.63, 3.8) is 0 Å². The summed E-state index contributed by atoms with van der Waals surface area (Å²) in [6, 6.07) is -1.53. The number of allylic oxidation sites excluding steroid dienone is 1. The molecule has 0 aliphatic carbocycles. The Kier molecular flexibility index (Phi) is 6.56. The monoisotopic (exact) mass is 312 g/mol. The number of aliphatic carboxylic acids is 1. The highest BCUT2D eigenvalue weighted by Gasteiger charge is 2.46. The molecule has 0 radical (unpaired) electrons. The maximum Gasteiger partial charge on any atom is 0.320 e. The van der Waals surface area contributed by atoms with Crippen LogP contribution in [0.5, 0.6) is 0 Å². The largest absolute Gasteiger partial charge is 0.480 e. The van der Waals surface area contributed by atoms with Crippen molar-refractivity contribution in [2.75, 3.05) is 0 Å². The van der Waals surface area contributed by atoms with Gasteiger partial charge in [0.15, 0.2) is 0 Å². The SMILES string of the molecule is C/C=C\[C@H]1C[C@H](C(=O)O)N[C@H]1[C@@H](NC(C)=O)[C@@](C)(O)CCC. The molecule has 126 valence electrons. The molecule has 6 heteroatoms. The summed E-state index contributed by atoms with van der Waals surface area (Å²) in [7, 11) is 0. The standard InChI is InChI=1S/C16H28N2O4/c1-5-7-11-9-12(15(20)21)18-13(11)14(17-10(3)19)16(4,22)8-6-2/h5,7,11-14,18,22H,6,8-9H2,1-4H3,(H,17,19)(H,20,21)/b7-5-/t11-,12+,13+,14+,16-/m0/s1. The summed E-state index contributed by atoms with van der Waals surface area (Å²) in [6.07, 6.45) is 5.56. The molecule has 1 aliphatic heterocycles. The Morgan fingerprint density at radius 3 is 2.59 bits per heavy atom. The third-order valence-electron chi connectivity index (χ3n) is 4.24. The Hall–Kier alpha value is -1.40. The number of carbonyl (C=O) groups is 2. The van der Waals surface area contributed by atoms with Gasteiger partial charge < -0.3 is 15.5 Å². The smallest absolute Gasteiger partial charge is 0.320 e. The second kappa shape index (κ2) is 7.74. The third-order valence-corrected chi connectivity index (χ3v) is 4.24. The Balaban J connectivity index is 3.09. The zero-order valence-electron chi connectivity index (χ0n) is 13.8. The lowest BCUT2D eigenvalue weighted by Crippen LogP contribution is -2.61. The van der Waals surface area contributed by atoms with E-state index in [-0.39, 0.29) is 17.9 Å². The lowest BCUT2D eigenvalue weighted by Gasteiger charge is -2.39. The van der Waals surface area contributed by atoms with Gasteiger partial charge in [0, 0.05) is 13.0 Å². The summed E-state index contributed by atoms with van der Waals surface area (Å²) in [6.45, 7) is 6.94. The van der Waals surface area contributed by atoms with Gasteiger partial charge in [-0.05, 0) is 32.6 Å². The lowest BCUT2D eigenvalue weighted by molar-refractivity contribution is -0.139. The van der Waals surface area contributed by atoms with E-state index in [0.717, 1.165) is 6.42 Å². The van der Waals surface area contributed by atoms with Crippen LogP contribution >= 0.6 is 0 Å². The van der Waals surface area contributed by atoms with Crippen molar-refractivity contribution in [2.24, 2.45) is 5.92 Å². The van der Waals surface area contributed by atoms with E-state index >= 15 is 0 Å². The summed E-state index contributed by atoms with van der Waals surface area (Å²) < 4.78 is 0. The van der Waals surface area contributed by atoms with Crippen LogP contribution < -0.4 is 10.6 Å². The Morgan fingerprint density at radius 2 is 2.14 bits per heavy atom. The quantitative estimate of drug-likeness (QED) is 0.527. The highest BCUT2D eigenvalue weighted by atomic mass is 16.4. The van der Waals surface area contributed by atoms with Gasteiger partial charge in [-0.25, -0.2) is 0 Å². The van der Waals surface area contributed by atoms with Crippen molar-refractivity contribution in [3.8, 4) is 0 Å². The van der Waals surface area contributed by atoms with E-state index in [1.165, 1.54) is 6.92 Å². The molecule has 22 heavy (non-hydrogen) atoms. The summed E-state index contributed by atoms with van der Waals surface area (Å²) in [5, 5.41) is 25.9. The van der Waals surface area contributed by atoms with Crippen LogP contribution in [0, 0.1) is 5.92 Å². The summed E-state index contributed by atoms with van der Waals surface area (Å²) in [5.41, 5.74) is -1.11. The first-order valence-electron chi connectivity index (χ1n) is 7.84. The number of rotatable bonds is 7. The molecule has 1 fully saturated rings. The normalized spacial score (nSPS) is 29.2. The van der Waals surface area contributed by atoms with Crippen LogP contribution in [0.2, 0.25) is 0 Å². The van der Waals surface area contributed by atoms with Crippen LogP contribution in [-0.2, 0) is 9.59 Å². The average molecular weight is 312 g/mol. The molecule has 0 aromatic carbocycles. The number of amides is 1. The van der Waals surface area contributed by atoms with E-state index in [1.807, 2.05) is 26.0 Å². The summed E-state index contributed by atoms with van der Waals surface area (Å²) in [4.78, 5) is 22.8. The summed E-state index contributed by atoms with van der Waals surface area (Å²) >= 11 is 0. The molecule has 4 N–H and O–H groups in total. The molecule has 1 heterocycles. The van der Waals surface area contributed by atoms with Crippen LogP contribution in [0.4, 0.5) is 0 Å². The van der Waals surface area contributed by atoms with Gasteiger partial charge >= 0.3 is 5.97 Å². The molecule has 0 aromatic rings. The zero-order chi connectivity index (χ0) is 16.9. The molecule has 0 spiro atoms. The fraction of sp³-hybridized carbons (Fsp3) is 0.750. The van der Waals surface area contributed by atoms with E-state index in [9.17, 15) is 19.8 Å². The Bertz CT molecular complexity index is 434. The molecule has 1 aliphatic rings. The zero-order valence-corrected chi connectivity index (χ0v) is 13.8. The van der Waals surface area contributed by atoms with Gasteiger partial charge in [-0.1, -0.05) is 25.5 Å². The molecule has 1 rings (SSSR count). The minimum Gasteiger partial charge on any atom is -0.480 e. The van der Waals surface area contributed by atoms with Crippen molar-refractivity contribution in [2.45, 2.75) is 70.7 Å². The first-order valence-corrected chi connectivity index (χ1v) is 7.84. The van der Waals surface area contributed by atoms with E-state index in [0.29, 0.717) is 12.8 Å². The number of carbonyl (C=O) groups excluding carboxylic acids is 1. The number of nitrogens with one attached hydrogen (secondary N) is 2. The maximum absolute atomic E-state index is 11.6. The minimum atomic E-state index is -1.11. The average Bonchev–Trinajstić information content (AvgIpc) is 2.80. The van der Waals surface area contributed by atoms with Crippen molar-refractivity contribution >= 4 is 11.9 Å². The van der Waals surface area contributed by atoms with Crippen LogP contribution in [0.3, 0.4) is 0 Å². The Morgan fingerprint density at radius 1 is 1.50 bits per heavy atom. The number of hydrogen-bond donors (Lipinski definition) is 4. The van der Waals surface area contributed by atoms with Crippen molar-refractivity contribution < 1.29 is 19.8 Å². The second-order valence-electron chi connectivity index (χ2n) is 6.29. The molecule has 1 saturated heterocycles. The predicted octanol–water partition coefficient (Wildman–Crippen LogP) is 1.05. The van der Waals surface area contributed by atoms with Gasteiger partial charge in [0.05, 0.1) is 11.6 Å². The van der Waals surface area contributed by atoms with Crippen LogP contribution in [0.15, 0.2) is 12.2 Å². The highest BCUT2D eigenvalue weighted by Crippen LogP contribution is 2.30. The molecule has 5 atom stereocenters. The fourth-order valence-corrected chi connectivity index (χ4v) is 3.32. The first-order chi connectivity index (χ1) is 10.2. The van der Waals surface area contributed by atoms with Crippen LogP contribution in [0.1, 0.15) is 47.0 Å².